The maximum Gasteiger partial charge on any atom is 0.308 e. The molecule has 1 atom stereocenters. The standard InChI is InChI=1S/C9H14N4O3/c1-3-6-11-7(13-12-6)8(14)10-4-5(2)9(15)16/h5H,3-4H2,1-2H3,(H,10,14)(H,15,16)(H,11,12,13). The highest BCUT2D eigenvalue weighted by molar-refractivity contribution is 5.90. The maximum atomic E-state index is 11.5. The average molecular weight is 226 g/mol. The van der Waals surface area contributed by atoms with Crippen LogP contribution in [0.5, 0.6) is 0 Å². The van der Waals surface area contributed by atoms with Crippen molar-refractivity contribution >= 4 is 11.9 Å². The molecule has 0 saturated heterocycles. The van der Waals surface area contributed by atoms with Gasteiger partial charge in [0.2, 0.25) is 5.82 Å². The number of aliphatic carboxylic acids is 1. The van der Waals surface area contributed by atoms with E-state index >= 15 is 0 Å². The van der Waals surface area contributed by atoms with Crippen LogP contribution in [0.3, 0.4) is 0 Å². The molecular weight excluding hydrogens is 212 g/mol. The predicted octanol–water partition coefficient (Wildman–Crippen LogP) is -0.182. The Kier molecular flexibility index (Phi) is 3.98. The number of aromatic amines is 1. The summed E-state index contributed by atoms with van der Waals surface area (Å²) in [4.78, 5) is 25.9. The van der Waals surface area contributed by atoms with Crippen LogP contribution in [0.2, 0.25) is 0 Å². The number of H-pyrrole nitrogens is 1. The number of hydrogen-bond acceptors (Lipinski definition) is 4. The molecule has 7 nitrogen and oxygen atoms in total. The van der Waals surface area contributed by atoms with E-state index in [0.717, 1.165) is 0 Å². The van der Waals surface area contributed by atoms with Gasteiger partial charge >= 0.3 is 5.97 Å². The molecule has 0 aromatic carbocycles. The third kappa shape index (κ3) is 3.04. The minimum atomic E-state index is -0.954. The zero-order chi connectivity index (χ0) is 12.1. The van der Waals surface area contributed by atoms with Crippen molar-refractivity contribution in [3.63, 3.8) is 0 Å². The molecule has 0 saturated carbocycles. The molecule has 7 heteroatoms. The molecule has 0 spiro atoms. The van der Waals surface area contributed by atoms with Gasteiger partial charge in [0.25, 0.3) is 5.91 Å². The van der Waals surface area contributed by atoms with E-state index in [9.17, 15) is 9.59 Å². The highest BCUT2D eigenvalue weighted by Crippen LogP contribution is 1.95. The molecule has 1 aromatic heterocycles. The summed E-state index contributed by atoms with van der Waals surface area (Å²) in [5.74, 6) is -1.40. The second-order valence-electron chi connectivity index (χ2n) is 3.41. The number of rotatable bonds is 5. The second kappa shape index (κ2) is 5.24. The number of amides is 1. The van der Waals surface area contributed by atoms with Crippen LogP contribution in [0.1, 0.15) is 30.3 Å². The zero-order valence-electron chi connectivity index (χ0n) is 9.15. The van der Waals surface area contributed by atoms with E-state index in [1.54, 1.807) is 0 Å². The summed E-state index contributed by atoms with van der Waals surface area (Å²) in [7, 11) is 0. The number of carbonyl (C=O) groups excluding carboxylic acids is 1. The Labute approximate surface area is 92.3 Å². The molecule has 1 amide bonds. The van der Waals surface area contributed by atoms with Crippen molar-refractivity contribution in [3.05, 3.63) is 11.6 Å². The van der Waals surface area contributed by atoms with Gasteiger partial charge in [0.1, 0.15) is 5.82 Å². The van der Waals surface area contributed by atoms with Crippen molar-refractivity contribution in [2.75, 3.05) is 6.54 Å². The summed E-state index contributed by atoms with van der Waals surface area (Å²) in [6.45, 7) is 3.46. The van der Waals surface area contributed by atoms with E-state index in [-0.39, 0.29) is 12.4 Å². The van der Waals surface area contributed by atoms with Crippen molar-refractivity contribution in [2.45, 2.75) is 20.3 Å². The predicted molar refractivity (Wildman–Crippen MR) is 54.9 cm³/mol. The molecule has 0 fully saturated rings. The summed E-state index contributed by atoms with van der Waals surface area (Å²) >= 11 is 0. The lowest BCUT2D eigenvalue weighted by Crippen LogP contribution is -2.32. The largest absolute Gasteiger partial charge is 0.481 e. The van der Waals surface area contributed by atoms with Gasteiger partial charge in [0, 0.05) is 13.0 Å². The molecule has 0 radical (unpaired) electrons. The van der Waals surface area contributed by atoms with Gasteiger partial charge in [-0.25, -0.2) is 4.98 Å². The Balaban J connectivity index is 2.49. The van der Waals surface area contributed by atoms with Crippen LogP contribution in [-0.4, -0.2) is 38.7 Å². The van der Waals surface area contributed by atoms with Gasteiger partial charge in [-0.15, -0.1) is 5.10 Å². The Bertz CT molecular complexity index is 388. The number of nitrogens with one attached hydrogen (secondary N) is 2. The minimum absolute atomic E-state index is 0.0365. The summed E-state index contributed by atoms with van der Waals surface area (Å²) in [6, 6.07) is 0. The number of nitrogens with zero attached hydrogens (tertiary/aromatic N) is 2. The van der Waals surface area contributed by atoms with Gasteiger partial charge < -0.3 is 10.4 Å². The summed E-state index contributed by atoms with van der Waals surface area (Å²) in [6.07, 6.45) is 0.659. The minimum Gasteiger partial charge on any atom is -0.481 e. The van der Waals surface area contributed by atoms with Gasteiger partial charge in [0.15, 0.2) is 0 Å². The lowest BCUT2D eigenvalue weighted by atomic mass is 10.2. The molecule has 1 unspecified atom stereocenters. The molecule has 1 aromatic rings. The highest BCUT2D eigenvalue weighted by Gasteiger charge is 2.15. The fraction of sp³-hybridized carbons (Fsp3) is 0.556. The third-order valence-electron chi connectivity index (χ3n) is 2.06. The number of carboxylic acid groups (broad SMARTS) is 1. The Morgan fingerprint density at radius 1 is 1.56 bits per heavy atom. The molecule has 0 bridgehead atoms. The van der Waals surface area contributed by atoms with E-state index in [1.165, 1.54) is 6.92 Å². The van der Waals surface area contributed by atoms with Crippen molar-refractivity contribution in [1.82, 2.24) is 20.5 Å². The van der Waals surface area contributed by atoms with Crippen LogP contribution in [0, 0.1) is 5.92 Å². The first kappa shape index (κ1) is 12.2. The second-order valence-corrected chi connectivity index (χ2v) is 3.41. The van der Waals surface area contributed by atoms with Crippen molar-refractivity contribution in [3.8, 4) is 0 Å². The summed E-state index contributed by atoms with van der Waals surface area (Å²) < 4.78 is 0. The fourth-order valence-electron chi connectivity index (χ4n) is 0.967. The topological polar surface area (TPSA) is 108 Å². The van der Waals surface area contributed by atoms with Crippen LogP contribution in [0.25, 0.3) is 0 Å². The monoisotopic (exact) mass is 226 g/mol. The number of hydrogen-bond donors (Lipinski definition) is 3. The van der Waals surface area contributed by atoms with E-state index in [2.05, 4.69) is 20.5 Å². The molecule has 1 rings (SSSR count). The van der Waals surface area contributed by atoms with Gasteiger partial charge in [-0.3, -0.25) is 14.7 Å². The van der Waals surface area contributed by atoms with Gasteiger partial charge in [-0.05, 0) is 0 Å². The van der Waals surface area contributed by atoms with Gasteiger partial charge in [0.05, 0.1) is 5.92 Å². The maximum absolute atomic E-state index is 11.5. The van der Waals surface area contributed by atoms with Crippen LogP contribution in [0.15, 0.2) is 0 Å². The van der Waals surface area contributed by atoms with E-state index in [4.69, 9.17) is 5.11 Å². The zero-order valence-corrected chi connectivity index (χ0v) is 9.15. The third-order valence-corrected chi connectivity index (χ3v) is 2.06. The molecule has 1 heterocycles. The Hall–Kier alpha value is -1.92. The van der Waals surface area contributed by atoms with E-state index in [1.807, 2.05) is 6.92 Å². The SMILES string of the molecule is CCc1nc(C(=O)NCC(C)C(=O)O)n[nH]1. The molecule has 0 aliphatic rings. The average Bonchev–Trinajstić information content (AvgIpc) is 2.73. The summed E-state index contributed by atoms with van der Waals surface area (Å²) in [5.41, 5.74) is 0. The molecule has 16 heavy (non-hydrogen) atoms. The summed E-state index contributed by atoms with van der Waals surface area (Å²) in [5, 5.41) is 17.4. The van der Waals surface area contributed by atoms with Crippen LogP contribution < -0.4 is 5.32 Å². The molecule has 88 valence electrons. The van der Waals surface area contributed by atoms with Crippen molar-refractivity contribution < 1.29 is 14.7 Å². The number of carbonyl (C=O) groups is 2. The first-order valence-corrected chi connectivity index (χ1v) is 4.96. The first-order valence-electron chi connectivity index (χ1n) is 4.96. The van der Waals surface area contributed by atoms with Crippen molar-refractivity contribution in [2.24, 2.45) is 5.92 Å². The first-order chi connectivity index (χ1) is 7.54. The van der Waals surface area contributed by atoms with Gasteiger partial charge in [-0.2, -0.15) is 0 Å². The number of aromatic nitrogens is 3. The Morgan fingerprint density at radius 3 is 2.75 bits per heavy atom. The lowest BCUT2D eigenvalue weighted by molar-refractivity contribution is -0.140. The smallest absolute Gasteiger partial charge is 0.308 e. The van der Waals surface area contributed by atoms with Crippen LogP contribution in [-0.2, 0) is 11.2 Å². The van der Waals surface area contributed by atoms with E-state index in [0.29, 0.717) is 12.2 Å². The normalized spacial score (nSPS) is 12.1. The van der Waals surface area contributed by atoms with E-state index < -0.39 is 17.8 Å². The molecular formula is C9H14N4O3. The molecule has 0 aliphatic heterocycles. The lowest BCUT2D eigenvalue weighted by Gasteiger charge is -2.05. The van der Waals surface area contributed by atoms with Gasteiger partial charge in [-0.1, -0.05) is 13.8 Å². The fourth-order valence-corrected chi connectivity index (χ4v) is 0.967. The quantitative estimate of drug-likeness (QED) is 0.645. The molecule has 0 aliphatic carbocycles. The van der Waals surface area contributed by atoms with Crippen molar-refractivity contribution in [1.29, 1.82) is 0 Å². The number of aryl methyl sites for hydroxylation is 1. The Morgan fingerprint density at radius 2 is 2.25 bits per heavy atom. The number of carboxylic acids is 1. The molecule has 3 N–H and O–H groups in total. The highest BCUT2D eigenvalue weighted by atomic mass is 16.4. The van der Waals surface area contributed by atoms with Crippen LogP contribution in [0.4, 0.5) is 0 Å². The van der Waals surface area contributed by atoms with Crippen LogP contribution >= 0.6 is 0 Å².